The average molecular weight is 457 g/mol. The summed E-state index contributed by atoms with van der Waals surface area (Å²) in [6.07, 6.45) is 1.07. The Morgan fingerprint density at radius 3 is 2.45 bits per heavy atom. The summed E-state index contributed by atoms with van der Waals surface area (Å²) >= 11 is 3.49. The molecule has 1 aromatic carbocycles. The third-order valence-electron chi connectivity index (χ3n) is 5.25. The first kappa shape index (κ1) is 21.5. The van der Waals surface area contributed by atoms with Crippen LogP contribution >= 0.6 is 15.9 Å². The highest BCUT2D eigenvalue weighted by Gasteiger charge is 2.23. The molecule has 0 spiro atoms. The van der Waals surface area contributed by atoms with Crippen LogP contribution in [0.5, 0.6) is 0 Å². The number of carbonyl (C=O) groups excluding carboxylic acids is 1. The van der Waals surface area contributed by atoms with Gasteiger partial charge in [0.05, 0.1) is 11.2 Å². The van der Waals surface area contributed by atoms with Crippen molar-refractivity contribution in [2.45, 2.75) is 66.8 Å². The first-order chi connectivity index (χ1) is 13.5. The van der Waals surface area contributed by atoms with E-state index in [1.54, 1.807) is 0 Å². The molecule has 3 rings (SSSR count). The normalized spacial score (nSPS) is 11.9. The molecule has 5 nitrogen and oxygen atoms in total. The molecule has 0 aliphatic carbocycles. The molecule has 0 unspecified atom stereocenters. The average Bonchev–Trinajstić information content (AvgIpc) is 2.94. The molecule has 2 aromatic heterocycles. The zero-order valence-corrected chi connectivity index (χ0v) is 19.9. The van der Waals surface area contributed by atoms with E-state index >= 15 is 0 Å². The summed E-state index contributed by atoms with van der Waals surface area (Å²) in [5.41, 5.74) is 6.95. The zero-order valence-electron chi connectivity index (χ0n) is 18.3. The van der Waals surface area contributed by atoms with E-state index in [0.717, 1.165) is 43.7 Å². The van der Waals surface area contributed by atoms with E-state index in [0.29, 0.717) is 12.8 Å². The molecule has 0 radical (unpaired) electrons. The first-order valence-electron chi connectivity index (χ1n) is 9.91. The number of amides is 1. The Balaban J connectivity index is 1.84. The van der Waals surface area contributed by atoms with Crippen molar-refractivity contribution in [2.24, 2.45) is 0 Å². The smallest absolute Gasteiger partial charge is 0.224 e. The highest BCUT2D eigenvalue weighted by molar-refractivity contribution is 9.10. The molecular weight excluding hydrogens is 428 g/mol. The Morgan fingerprint density at radius 2 is 1.83 bits per heavy atom. The second kappa shape index (κ2) is 7.90. The van der Waals surface area contributed by atoms with Gasteiger partial charge >= 0.3 is 0 Å². The lowest BCUT2D eigenvalue weighted by atomic mass is 9.99. The molecule has 0 saturated heterocycles. The van der Waals surface area contributed by atoms with Crippen LogP contribution in [0, 0.1) is 27.7 Å². The standard InChI is InChI=1S/C23H29BrN4O/c1-13-12-17(8-10-19(13)24)26-20(29)11-9-18-14(2)21-16(4)27-28(23(5,6)7)22(21)25-15(18)3/h8,10,12H,9,11H2,1-7H3,(H,26,29). The van der Waals surface area contributed by atoms with Gasteiger partial charge in [0.15, 0.2) is 5.65 Å². The number of fused-ring (bicyclic) bond motifs is 1. The fourth-order valence-corrected chi connectivity index (χ4v) is 3.97. The number of carbonyl (C=O) groups is 1. The van der Waals surface area contributed by atoms with E-state index in [1.165, 1.54) is 5.56 Å². The lowest BCUT2D eigenvalue weighted by Gasteiger charge is -2.20. The lowest BCUT2D eigenvalue weighted by molar-refractivity contribution is -0.116. The molecule has 0 aliphatic rings. The highest BCUT2D eigenvalue weighted by atomic mass is 79.9. The predicted molar refractivity (Wildman–Crippen MR) is 123 cm³/mol. The Labute approximate surface area is 181 Å². The van der Waals surface area contributed by atoms with E-state index in [9.17, 15) is 4.79 Å². The summed E-state index contributed by atoms with van der Waals surface area (Å²) < 4.78 is 3.04. The molecule has 29 heavy (non-hydrogen) atoms. The van der Waals surface area contributed by atoms with E-state index in [2.05, 4.69) is 48.9 Å². The largest absolute Gasteiger partial charge is 0.326 e. The van der Waals surface area contributed by atoms with Crippen LogP contribution in [-0.4, -0.2) is 20.7 Å². The molecular formula is C23H29BrN4O. The summed E-state index contributed by atoms with van der Waals surface area (Å²) in [5, 5.41) is 8.84. The Kier molecular flexibility index (Phi) is 5.86. The molecule has 0 bridgehead atoms. The second-order valence-electron chi connectivity index (χ2n) is 8.68. The number of aryl methyl sites for hydroxylation is 4. The number of hydrogen-bond donors (Lipinski definition) is 1. The minimum Gasteiger partial charge on any atom is -0.326 e. The lowest BCUT2D eigenvalue weighted by Crippen LogP contribution is -2.23. The van der Waals surface area contributed by atoms with Gasteiger partial charge in [0.1, 0.15) is 0 Å². The van der Waals surface area contributed by atoms with Crippen LogP contribution in [0.4, 0.5) is 5.69 Å². The molecule has 0 fully saturated rings. The number of rotatable bonds is 4. The predicted octanol–water partition coefficient (Wildman–Crippen LogP) is 5.75. The number of halogens is 1. The van der Waals surface area contributed by atoms with E-state index < -0.39 is 0 Å². The fraction of sp³-hybridized carbons (Fsp3) is 0.435. The van der Waals surface area contributed by atoms with Gasteiger partial charge < -0.3 is 5.32 Å². The maximum atomic E-state index is 12.5. The molecule has 0 aliphatic heterocycles. The van der Waals surface area contributed by atoms with E-state index in [1.807, 2.05) is 43.7 Å². The van der Waals surface area contributed by atoms with Gasteiger partial charge in [0.25, 0.3) is 0 Å². The molecule has 0 saturated carbocycles. The topological polar surface area (TPSA) is 59.8 Å². The van der Waals surface area contributed by atoms with Crippen molar-refractivity contribution in [1.29, 1.82) is 0 Å². The quantitative estimate of drug-likeness (QED) is 0.543. The second-order valence-corrected chi connectivity index (χ2v) is 9.53. The molecule has 6 heteroatoms. The maximum absolute atomic E-state index is 12.5. The highest BCUT2D eigenvalue weighted by Crippen LogP contribution is 2.29. The van der Waals surface area contributed by atoms with Gasteiger partial charge in [-0.15, -0.1) is 0 Å². The summed E-state index contributed by atoms with van der Waals surface area (Å²) in [6.45, 7) is 14.6. The monoisotopic (exact) mass is 456 g/mol. The molecule has 2 heterocycles. The Bertz CT molecular complexity index is 1090. The number of benzene rings is 1. The van der Waals surface area contributed by atoms with Crippen LogP contribution in [0.2, 0.25) is 0 Å². The van der Waals surface area contributed by atoms with Crippen molar-refractivity contribution < 1.29 is 4.79 Å². The minimum absolute atomic E-state index is 0.00716. The van der Waals surface area contributed by atoms with Crippen LogP contribution in [-0.2, 0) is 16.8 Å². The number of nitrogens with zero attached hydrogens (tertiary/aromatic N) is 3. The van der Waals surface area contributed by atoms with Gasteiger partial charge in [0, 0.05) is 27.7 Å². The molecule has 0 atom stereocenters. The number of anilines is 1. The molecule has 154 valence electrons. The van der Waals surface area contributed by atoms with E-state index in [-0.39, 0.29) is 11.4 Å². The molecule has 3 aromatic rings. The van der Waals surface area contributed by atoms with Crippen LogP contribution in [0.1, 0.15) is 55.3 Å². The van der Waals surface area contributed by atoms with Crippen molar-refractivity contribution in [1.82, 2.24) is 14.8 Å². The van der Waals surface area contributed by atoms with Gasteiger partial charge in [-0.05, 0) is 89.8 Å². The summed E-state index contributed by atoms with van der Waals surface area (Å²) in [6, 6.07) is 5.83. The Morgan fingerprint density at radius 1 is 1.14 bits per heavy atom. The van der Waals surface area contributed by atoms with Crippen molar-refractivity contribution in [3.8, 4) is 0 Å². The number of aromatic nitrogens is 3. The van der Waals surface area contributed by atoms with Crippen molar-refractivity contribution in [2.75, 3.05) is 5.32 Å². The maximum Gasteiger partial charge on any atom is 0.224 e. The summed E-state index contributed by atoms with van der Waals surface area (Å²) in [5.74, 6) is 0.00716. The Hall–Kier alpha value is -2.21. The fourth-order valence-electron chi connectivity index (χ4n) is 3.73. The SMILES string of the molecule is Cc1cc(NC(=O)CCc2c(C)nc3c(c(C)nn3C(C)(C)C)c2C)ccc1Br. The van der Waals surface area contributed by atoms with Crippen LogP contribution in [0.25, 0.3) is 11.0 Å². The van der Waals surface area contributed by atoms with Gasteiger partial charge in [0.2, 0.25) is 5.91 Å². The number of hydrogen-bond acceptors (Lipinski definition) is 3. The first-order valence-corrected chi connectivity index (χ1v) is 10.7. The van der Waals surface area contributed by atoms with Gasteiger partial charge in [-0.1, -0.05) is 15.9 Å². The van der Waals surface area contributed by atoms with Crippen molar-refractivity contribution in [3.63, 3.8) is 0 Å². The third-order valence-corrected chi connectivity index (χ3v) is 6.14. The molecule has 1 N–H and O–H groups in total. The minimum atomic E-state index is -0.136. The van der Waals surface area contributed by atoms with Gasteiger partial charge in [-0.3, -0.25) is 4.79 Å². The van der Waals surface area contributed by atoms with Crippen LogP contribution in [0.15, 0.2) is 22.7 Å². The van der Waals surface area contributed by atoms with Gasteiger partial charge in [-0.25, -0.2) is 9.67 Å². The number of nitrogens with one attached hydrogen (secondary N) is 1. The summed E-state index contributed by atoms with van der Waals surface area (Å²) in [7, 11) is 0. The zero-order chi connectivity index (χ0) is 21.5. The van der Waals surface area contributed by atoms with Gasteiger partial charge in [-0.2, -0.15) is 5.10 Å². The number of pyridine rings is 1. The van der Waals surface area contributed by atoms with Crippen molar-refractivity contribution >= 4 is 38.6 Å². The van der Waals surface area contributed by atoms with Crippen LogP contribution in [0.3, 0.4) is 0 Å². The third kappa shape index (κ3) is 4.37. The molecule has 1 amide bonds. The van der Waals surface area contributed by atoms with E-state index in [4.69, 9.17) is 10.1 Å². The summed E-state index contributed by atoms with van der Waals surface area (Å²) in [4.78, 5) is 17.4. The van der Waals surface area contributed by atoms with Crippen molar-refractivity contribution in [3.05, 3.63) is 50.8 Å². The van der Waals surface area contributed by atoms with Crippen LogP contribution < -0.4 is 5.32 Å².